The topological polar surface area (TPSA) is 84.6 Å². The number of carboxylic acids is 1. The monoisotopic (exact) mass is 232 g/mol. The second-order valence-corrected chi connectivity index (χ2v) is 5.34. The minimum Gasteiger partial charge on any atom is -0.478 e. The van der Waals surface area contributed by atoms with Crippen molar-refractivity contribution in [2.75, 3.05) is 5.75 Å². The van der Waals surface area contributed by atoms with E-state index >= 15 is 0 Å². The molecule has 0 fully saturated rings. The molecule has 1 N–H and O–H groups in total. The number of hydrogen-bond acceptors (Lipinski definition) is 4. The Morgan fingerprint density at radius 2 is 2.20 bits per heavy atom. The summed E-state index contributed by atoms with van der Waals surface area (Å²) in [4.78, 5) is 10.7. The molecule has 15 heavy (non-hydrogen) atoms. The Hall–Kier alpha value is -1.30. The normalized spacial score (nSPS) is 11.5. The van der Waals surface area contributed by atoms with Gasteiger partial charge in [0.2, 0.25) is 0 Å². The van der Waals surface area contributed by atoms with Gasteiger partial charge in [0.1, 0.15) is 17.1 Å². The van der Waals surface area contributed by atoms with Crippen molar-refractivity contribution in [2.24, 2.45) is 0 Å². The third-order valence-electron chi connectivity index (χ3n) is 1.84. The number of sulfone groups is 1. The predicted octanol–water partition coefficient (Wildman–Crippen LogP) is 1.30. The summed E-state index contributed by atoms with van der Waals surface area (Å²) in [5.41, 5.74) is -0.0883. The highest BCUT2D eigenvalue weighted by molar-refractivity contribution is 7.90. The number of hydrogen-bond donors (Lipinski definition) is 1. The molecule has 0 aliphatic carbocycles. The summed E-state index contributed by atoms with van der Waals surface area (Å²) in [5.74, 6) is -1.50. The van der Waals surface area contributed by atoms with Crippen LogP contribution < -0.4 is 0 Å². The molecule has 1 rings (SSSR count). The zero-order valence-electron chi connectivity index (χ0n) is 8.26. The lowest BCUT2D eigenvalue weighted by atomic mass is 10.3. The highest BCUT2D eigenvalue weighted by atomic mass is 32.2. The maximum atomic E-state index is 11.4. The van der Waals surface area contributed by atoms with Crippen LogP contribution in [0.4, 0.5) is 0 Å². The lowest BCUT2D eigenvalue weighted by Gasteiger charge is -2.00. The van der Waals surface area contributed by atoms with Gasteiger partial charge >= 0.3 is 5.97 Å². The van der Waals surface area contributed by atoms with E-state index < -0.39 is 15.8 Å². The summed E-state index contributed by atoms with van der Waals surface area (Å²) in [6, 6.07) is 1.25. The number of furan rings is 1. The average Bonchev–Trinajstić information content (AvgIpc) is 2.50. The van der Waals surface area contributed by atoms with E-state index in [4.69, 9.17) is 9.52 Å². The van der Waals surface area contributed by atoms with Crippen molar-refractivity contribution in [1.82, 2.24) is 0 Å². The molecule has 0 aliphatic rings. The summed E-state index contributed by atoms with van der Waals surface area (Å²) in [6.07, 6.45) is 1.69. The van der Waals surface area contributed by atoms with Gasteiger partial charge in [0.05, 0.1) is 12.0 Å². The summed E-state index contributed by atoms with van der Waals surface area (Å²) >= 11 is 0. The van der Waals surface area contributed by atoms with Crippen molar-refractivity contribution in [3.05, 3.63) is 23.7 Å². The van der Waals surface area contributed by atoms with Crippen LogP contribution in [-0.2, 0) is 15.6 Å². The van der Waals surface area contributed by atoms with E-state index in [-0.39, 0.29) is 22.8 Å². The van der Waals surface area contributed by atoms with E-state index in [9.17, 15) is 13.2 Å². The summed E-state index contributed by atoms with van der Waals surface area (Å²) in [6.45, 7) is 1.75. The van der Waals surface area contributed by atoms with Gasteiger partial charge in [-0.25, -0.2) is 13.2 Å². The fraction of sp³-hybridized carbons (Fsp3) is 0.444. The van der Waals surface area contributed by atoms with Crippen LogP contribution in [0.15, 0.2) is 16.7 Å². The first-order chi connectivity index (χ1) is 6.96. The molecule has 1 aromatic rings. The van der Waals surface area contributed by atoms with Crippen molar-refractivity contribution in [3.63, 3.8) is 0 Å². The van der Waals surface area contributed by atoms with E-state index in [1.165, 1.54) is 12.3 Å². The van der Waals surface area contributed by atoms with Crippen LogP contribution in [0.2, 0.25) is 0 Å². The van der Waals surface area contributed by atoms with E-state index in [1.54, 1.807) is 6.92 Å². The maximum absolute atomic E-state index is 11.4. The Labute approximate surface area is 87.6 Å². The first-order valence-electron chi connectivity index (χ1n) is 4.46. The van der Waals surface area contributed by atoms with Crippen LogP contribution >= 0.6 is 0 Å². The quantitative estimate of drug-likeness (QED) is 0.827. The number of carboxylic acid groups (broad SMARTS) is 1. The van der Waals surface area contributed by atoms with Crippen LogP contribution in [0.5, 0.6) is 0 Å². The molecule has 0 saturated carbocycles. The zero-order chi connectivity index (χ0) is 11.5. The minimum atomic E-state index is -3.27. The van der Waals surface area contributed by atoms with Crippen molar-refractivity contribution < 1.29 is 22.7 Å². The SMILES string of the molecule is CCCS(=O)(=O)Cc1occc1C(=O)O. The molecule has 1 heterocycles. The number of rotatable bonds is 5. The van der Waals surface area contributed by atoms with E-state index in [2.05, 4.69) is 0 Å². The smallest absolute Gasteiger partial charge is 0.339 e. The molecule has 0 bridgehead atoms. The van der Waals surface area contributed by atoms with Gasteiger partial charge in [-0.05, 0) is 12.5 Å². The lowest BCUT2D eigenvalue weighted by Crippen LogP contribution is -2.10. The van der Waals surface area contributed by atoms with Gasteiger partial charge in [0.15, 0.2) is 9.84 Å². The lowest BCUT2D eigenvalue weighted by molar-refractivity contribution is 0.0695. The molecule has 0 unspecified atom stereocenters. The predicted molar refractivity (Wildman–Crippen MR) is 53.4 cm³/mol. The molecule has 0 amide bonds. The molecule has 5 nitrogen and oxygen atoms in total. The molecule has 0 atom stereocenters. The Bertz CT molecular complexity index is 443. The maximum Gasteiger partial charge on any atom is 0.339 e. The van der Waals surface area contributed by atoms with E-state index in [0.29, 0.717) is 6.42 Å². The zero-order valence-corrected chi connectivity index (χ0v) is 9.08. The average molecular weight is 232 g/mol. The van der Waals surface area contributed by atoms with Crippen LogP contribution in [0.3, 0.4) is 0 Å². The first kappa shape index (κ1) is 11.8. The third-order valence-corrected chi connectivity index (χ3v) is 3.57. The highest BCUT2D eigenvalue weighted by Gasteiger charge is 2.19. The first-order valence-corrected chi connectivity index (χ1v) is 6.28. The fourth-order valence-corrected chi connectivity index (χ4v) is 2.62. The molecule has 0 saturated heterocycles. The van der Waals surface area contributed by atoms with E-state index in [0.717, 1.165) is 0 Å². The molecular weight excluding hydrogens is 220 g/mol. The van der Waals surface area contributed by atoms with Crippen LogP contribution in [0.1, 0.15) is 29.5 Å². The van der Waals surface area contributed by atoms with Gasteiger partial charge in [-0.2, -0.15) is 0 Å². The third kappa shape index (κ3) is 3.09. The molecule has 0 aromatic carbocycles. The van der Waals surface area contributed by atoms with Crippen molar-refractivity contribution in [3.8, 4) is 0 Å². The van der Waals surface area contributed by atoms with Crippen LogP contribution in [0, 0.1) is 0 Å². The van der Waals surface area contributed by atoms with Crippen molar-refractivity contribution in [1.29, 1.82) is 0 Å². The Morgan fingerprint density at radius 3 is 2.73 bits per heavy atom. The van der Waals surface area contributed by atoms with Crippen molar-refractivity contribution in [2.45, 2.75) is 19.1 Å². The summed E-state index contributed by atoms with van der Waals surface area (Å²) < 4.78 is 27.7. The van der Waals surface area contributed by atoms with Gasteiger partial charge < -0.3 is 9.52 Å². The summed E-state index contributed by atoms with van der Waals surface area (Å²) in [5, 5.41) is 8.73. The van der Waals surface area contributed by atoms with Gasteiger partial charge in [-0.3, -0.25) is 0 Å². The largest absolute Gasteiger partial charge is 0.478 e. The van der Waals surface area contributed by atoms with Gasteiger partial charge in [-0.1, -0.05) is 6.92 Å². The number of carbonyl (C=O) groups is 1. The Kier molecular flexibility index (Phi) is 3.52. The van der Waals surface area contributed by atoms with Crippen LogP contribution in [-0.4, -0.2) is 25.2 Å². The standard InChI is InChI=1S/C9H12O5S/c1-2-5-15(12,13)6-8-7(9(10)11)3-4-14-8/h3-4H,2,5-6H2,1H3,(H,10,11). The second-order valence-electron chi connectivity index (χ2n) is 3.15. The molecule has 0 spiro atoms. The van der Waals surface area contributed by atoms with Gasteiger partial charge in [-0.15, -0.1) is 0 Å². The Morgan fingerprint density at radius 1 is 1.53 bits per heavy atom. The molecule has 0 radical (unpaired) electrons. The molecule has 0 aliphatic heterocycles. The Balaban J connectivity index is 2.90. The van der Waals surface area contributed by atoms with Crippen molar-refractivity contribution >= 4 is 15.8 Å². The van der Waals surface area contributed by atoms with E-state index in [1.807, 2.05) is 0 Å². The minimum absolute atomic E-state index is 0.00375. The van der Waals surface area contributed by atoms with Crippen LogP contribution in [0.25, 0.3) is 0 Å². The molecule has 1 aromatic heterocycles. The second kappa shape index (κ2) is 4.48. The highest BCUT2D eigenvalue weighted by Crippen LogP contribution is 2.14. The van der Waals surface area contributed by atoms with Gasteiger partial charge in [0, 0.05) is 0 Å². The fourth-order valence-electron chi connectivity index (χ4n) is 1.23. The molecular formula is C9H12O5S. The van der Waals surface area contributed by atoms with Gasteiger partial charge in [0.25, 0.3) is 0 Å². The number of aromatic carboxylic acids is 1. The molecule has 6 heteroatoms. The molecule has 84 valence electrons. The summed E-state index contributed by atoms with van der Waals surface area (Å²) in [7, 11) is -3.27.